The molecule has 2 aromatic rings. The van der Waals surface area contributed by atoms with Crippen LogP contribution in [-0.2, 0) is 26.2 Å². The molecule has 0 heterocycles. The molecule has 0 fully saturated rings. The molecule has 1 N–H and O–H groups in total. The Balaban J connectivity index is 2.36. The van der Waals surface area contributed by atoms with Gasteiger partial charge in [0.1, 0.15) is 18.4 Å². The molecule has 0 saturated carbocycles. The van der Waals surface area contributed by atoms with E-state index in [1.807, 2.05) is 13.8 Å². The molecule has 0 aliphatic rings. The van der Waals surface area contributed by atoms with Crippen LogP contribution in [0.15, 0.2) is 53.0 Å². The fourth-order valence-corrected chi connectivity index (χ4v) is 4.17. The van der Waals surface area contributed by atoms with Gasteiger partial charge >= 0.3 is 0 Å². The molecule has 0 spiro atoms. The van der Waals surface area contributed by atoms with Crippen LogP contribution in [-0.4, -0.2) is 50.0 Å². The van der Waals surface area contributed by atoms with E-state index in [4.69, 9.17) is 0 Å². The highest BCUT2D eigenvalue weighted by molar-refractivity contribution is 9.10. The number of anilines is 1. The molecule has 0 radical (unpaired) electrons. The summed E-state index contributed by atoms with van der Waals surface area (Å²) in [6.07, 6.45) is 1.74. The van der Waals surface area contributed by atoms with Gasteiger partial charge in [0.05, 0.1) is 11.9 Å². The molecule has 2 atom stereocenters. The molecule has 2 amide bonds. The Morgan fingerprint density at radius 3 is 2.15 bits per heavy atom. The Bertz CT molecular complexity index is 1060. The SMILES string of the molecule is CC[C@H](C)NC(=O)[C@@H](C)N(Cc1ccc(F)cc1)C(=O)CN(c1ccc(Br)cc1)S(C)(=O)=O. The average Bonchev–Trinajstić information content (AvgIpc) is 2.76. The third-order valence-corrected chi connectivity index (χ3v) is 6.90. The summed E-state index contributed by atoms with van der Waals surface area (Å²) in [6.45, 7) is 4.91. The first-order valence-electron chi connectivity index (χ1n) is 10.5. The molecule has 7 nitrogen and oxygen atoms in total. The summed E-state index contributed by atoms with van der Waals surface area (Å²) >= 11 is 3.31. The number of rotatable bonds is 10. The van der Waals surface area contributed by atoms with Crippen LogP contribution in [0, 0.1) is 5.82 Å². The van der Waals surface area contributed by atoms with Gasteiger partial charge < -0.3 is 10.2 Å². The second-order valence-electron chi connectivity index (χ2n) is 7.89. The maximum atomic E-state index is 13.4. The number of carbonyl (C=O) groups is 2. The maximum Gasteiger partial charge on any atom is 0.244 e. The molecular formula is C23H29BrFN3O4S. The van der Waals surface area contributed by atoms with E-state index in [0.29, 0.717) is 11.3 Å². The minimum Gasteiger partial charge on any atom is -0.352 e. The van der Waals surface area contributed by atoms with Gasteiger partial charge in [-0.3, -0.25) is 13.9 Å². The van der Waals surface area contributed by atoms with Gasteiger partial charge in [0.2, 0.25) is 21.8 Å². The monoisotopic (exact) mass is 541 g/mol. The van der Waals surface area contributed by atoms with E-state index >= 15 is 0 Å². The summed E-state index contributed by atoms with van der Waals surface area (Å²) in [4.78, 5) is 27.5. The summed E-state index contributed by atoms with van der Waals surface area (Å²) in [5, 5.41) is 2.85. The number of hydrogen-bond acceptors (Lipinski definition) is 4. The van der Waals surface area contributed by atoms with Gasteiger partial charge in [0, 0.05) is 17.1 Å². The van der Waals surface area contributed by atoms with E-state index in [1.165, 1.54) is 29.2 Å². The Morgan fingerprint density at radius 1 is 1.06 bits per heavy atom. The van der Waals surface area contributed by atoms with Crippen molar-refractivity contribution in [2.45, 2.75) is 45.8 Å². The maximum absolute atomic E-state index is 13.4. The third kappa shape index (κ3) is 7.82. The van der Waals surface area contributed by atoms with E-state index in [-0.39, 0.29) is 18.5 Å². The lowest BCUT2D eigenvalue weighted by atomic mass is 10.1. The number of nitrogens with zero attached hydrogens (tertiary/aromatic N) is 2. The van der Waals surface area contributed by atoms with Gasteiger partial charge in [-0.25, -0.2) is 12.8 Å². The van der Waals surface area contributed by atoms with Crippen LogP contribution in [0.4, 0.5) is 10.1 Å². The zero-order valence-electron chi connectivity index (χ0n) is 19.1. The quantitative estimate of drug-likeness (QED) is 0.497. The van der Waals surface area contributed by atoms with Crippen LogP contribution in [0.3, 0.4) is 0 Å². The first-order valence-corrected chi connectivity index (χ1v) is 13.1. The lowest BCUT2D eigenvalue weighted by Gasteiger charge is -2.32. The fraction of sp³-hybridized carbons (Fsp3) is 0.391. The molecule has 0 aliphatic carbocycles. The summed E-state index contributed by atoms with van der Waals surface area (Å²) < 4.78 is 40.1. The normalized spacial score (nSPS) is 13.2. The average molecular weight is 542 g/mol. The molecule has 0 aromatic heterocycles. The highest BCUT2D eigenvalue weighted by Crippen LogP contribution is 2.21. The number of amides is 2. The van der Waals surface area contributed by atoms with Gasteiger partial charge in [0.15, 0.2) is 0 Å². The summed E-state index contributed by atoms with van der Waals surface area (Å²) in [7, 11) is -3.79. The number of nitrogens with one attached hydrogen (secondary N) is 1. The smallest absolute Gasteiger partial charge is 0.244 e. The standard InChI is InChI=1S/C23H29BrFN3O4S/c1-5-16(2)26-23(30)17(3)27(14-18-6-10-20(25)11-7-18)22(29)15-28(33(4,31)32)21-12-8-19(24)9-13-21/h6-13,16-17H,5,14-15H2,1-4H3,(H,26,30)/t16-,17+/m0/s1. The van der Waals surface area contributed by atoms with Crippen LogP contribution >= 0.6 is 15.9 Å². The molecule has 0 aliphatic heterocycles. The number of hydrogen-bond donors (Lipinski definition) is 1. The minimum atomic E-state index is -3.79. The van der Waals surface area contributed by atoms with E-state index < -0.39 is 34.3 Å². The van der Waals surface area contributed by atoms with Crippen molar-refractivity contribution >= 4 is 43.5 Å². The second-order valence-corrected chi connectivity index (χ2v) is 10.7. The zero-order chi connectivity index (χ0) is 24.8. The summed E-state index contributed by atoms with van der Waals surface area (Å²) in [6, 6.07) is 11.2. The summed E-state index contributed by atoms with van der Waals surface area (Å²) in [5.74, 6) is -1.33. The molecule has 33 heavy (non-hydrogen) atoms. The van der Waals surface area contributed by atoms with Crippen molar-refractivity contribution in [2.75, 3.05) is 17.1 Å². The lowest BCUT2D eigenvalue weighted by molar-refractivity contribution is -0.139. The van der Waals surface area contributed by atoms with Crippen molar-refractivity contribution in [1.29, 1.82) is 0 Å². The Morgan fingerprint density at radius 2 is 1.64 bits per heavy atom. The molecule has 2 rings (SSSR count). The van der Waals surface area contributed by atoms with Crippen molar-refractivity contribution in [3.05, 3.63) is 64.4 Å². The number of carbonyl (C=O) groups excluding carboxylic acids is 2. The predicted molar refractivity (Wildman–Crippen MR) is 131 cm³/mol. The minimum absolute atomic E-state index is 0.0200. The molecule has 180 valence electrons. The number of sulfonamides is 1. The van der Waals surface area contributed by atoms with E-state index in [1.54, 1.807) is 31.2 Å². The van der Waals surface area contributed by atoms with Gasteiger partial charge in [-0.2, -0.15) is 0 Å². The lowest BCUT2D eigenvalue weighted by Crippen LogP contribution is -2.52. The Kier molecular flexibility index (Phi) is 9.42. The number of halogens is 2. The topological polar surface area (TPSA) is 86.8 Å². The van der Waals surface area contributed by atoms with Gasteiger partial charge in [-0.15, -0.1) is 0 Å². The summed E-state index contributed by atoms with van der Waals surface area (Å²) in [5.41, 5.74) is 0.940. The molecule has 0 unspecified atom stereocenters. The van der Waals surface area contributed by atoms with Crippen LogP contribution < -0.4 is 9.62 Å². The second kappa shape index (κ2) is 11.6. The molecular weight excluding hydrogens is 513 g/mol. The van der Waals surface area contributed by atoms with Crippen molar-refractivity contribution in [2.24, 2.45) is 0 Å². The first-order chi connectivity index (χ1) is 15.4. The Labute approximate surface area is 203 Å². The zero-order valence-corrected chi connectivity index (χ0v) is 21.5. The largest absolute Gasteiger partial charge is 0.352 e. The molecule has 2 aromatic carbocycles. The predicted octanol–water partition coefficient (Wildman–Crippen LogP) is 3.69. The van der Waals surface area contributed by atoms with Crippen LogP contribution in [0.5, 0.6) is 0 Å². The van der Waals surface area contributed by atoms with Gasteiger partial charge in [-0.1, -0.05) is 35.0 Å². The van der Waals surface area contributed by atoms with E-state index in [2.05, 4.69) is 21.2 Å². The van der Waals surface area contributed by atoms with Crippen LogP contribution in [0.2, 0.25) is 0 Å². The van der Waals surface area contributed by atoms with Crippen molar-refractivity contribution in [3.8, 4) is 0 Å². The fourth-order valence-electron chi connectivity index (χ4n) is 3.06. The van der Waals surface area contributed by atoms with Crippen molar-refractivity contribution in [3.63, 3.8) is 0 Å². The van der Waals surface area contributed by atoms with E-state index in [9.17, 15) is 22.4 Å². The van der Waals surface area contributed by atoms with Gasteiger partial charge in [-0.05, 0) is 62.2 Å². The first kappa shape index (κ1) is 26.8. The molecule has 10 heteroatoms. The highest BCUT2D eigenvalue weighted by atomic mass is 79.9. The van der Waals surface area contributed by atoms with E-state index in [0.717, 1.165) is 21.5 Å². The molecule has 0 bridgehead atoms. The van der Waals surface area contributed by atoms with Crippen LogP contribution in [0.25, 0.3) is 0 Å². The Hall–Kier alpha value is -2.46. The number of benzene rings is 2. The third-order valence-electron chi connectivity index (χ3n) is 5.23. The van der Waals surface area contributed by atoms with Crippen molar-refractivity contribution < 1.29 is 22.4 Å². The van der Waals surface area contributed by atoms with Crippen molar-refractivity contribution in [1.82, 2.24) is 10.2 Å². The highest BCUT2D eigenvalue weighted by Gasteiger charge is 2.30. The van der Waals surface area contributed by atoms with Gasteiger partial charge in [0.25, 0.3) is 0 Å². The van der Waals surface area contributed by atoms with Crippen LogP contribution in [0.1, 0.15) is 32.8 Å². The molecule has 0 saturated heterocycles.